The average molecular weight is 436 g/mol. The number of aliphatic hydroxyl groups is 1. The number of nitrogens with zero attached hydrogens (tertiary/aromatic N) is 3. The molecule has 3 heterocycles. The number of Topliss-reactive ketones (excluding diaryl/α,β-unsaturated/α-hetero) is 1. The van der Waals surface area contributed by atoms with E-state index < -0.39 is 17.7 Å². The van der Waals surface area contributed by atoms with Crippen molar-refractivity contribution < 1.29 is 19.4 Å². The molecule has 4 rings (SSSR count). The molecular formula is C25H29N3O4. The van der Waals surface area contributed by atoms with Gasteiger partial charge in [0.25, 0.3) is 11.7 Å². The minimum atomic E-state index is -0.678. The van der Waals surface area contributed by atoms with Gasteiger partial charge in [-0.25, -0.2) is 0 Å². The van der Waals surface area contributed by atoms with Crippen molar-refractivity contribution in [3.63, 3.8) is 0 Å². The molecule has 7 heteroatoms. The average Bonchev–Trinajstić information content (AvgIpc) is 3.30. The number of rotatable bonds is 7. The maximum atomic E-state index is 13.1. The van der Waals surface area contributed by atoms with Crippen molar-refractivity contribution in [3.8, 4) is 5.75 Å². The lowest BCUT2D eigenvalue weighted by atomic mass is 9.95. The zero-order chi connectivity index (χ0) is 22.8. The molecule has 1 aromatic heterocycles. The van der Waals surface area contributed by atoms with Crippen LogP contribution in [0, 0.1) is 0 Å². The number of pyridine rings is 1. The molecule has 2 aliphatic heterocycles. The van der Waals surface area contributed by atoms with Gasteiger partial charge in [0.15, 0.2) is 0 Å². The van der Waals surface area contributed by atoms with Crippen molar-refractivity contribution in [3.05, 3.63) is 65.0 Å². The van der Waals surface area contributed by atoms with Gasteiger partial charge in [-0.05, 0) is 55.4 Å². The van der Waals surface area contributed by atoms with E-state index in [1.807, 2.05) is 25.1 Å². The summed E-state index contributed by atoms with van der Waals surface area (Å²) in [6.07, 6.45) is 4.10. The summed E-state index contributed by atoms with van der Waals surface area (Å²) in [6.45, 7) is 8.86. The highest BCUT2D eigenvalue weighted by molar-refractivity contribution is 6.46. The summed E-state index contributed by atoms with van der Waals surface area (Å²) < 4.78 is 5.75. The Morgan fingerprint density at radius 3 is 2.72 bits per heavy atom. The molecule has 1 amide bonds. The monoisotopic (exact) mass is 435 g/mol. The van der Waals surface area contributed by atoms with E-state index in [9.17, 15) is 14.7 Å². The van der Waals surface area contributed by atoms with Crippen LogP contribution < -0.4 is 4.74 Å². The number of likely N-dealkylation sites (N-methyl/N-ethyl adjacent to an activating group) is 1. The summed E-state index contributed by atoms with van der Waals surface area (Å²) in [5, 5.41) is 11.2. The Balaban J connectivity index is 1.76. The van der Waals surface area contributed by atoms with Crippen LogP contribution in [-0.2, 0) is 16.0 Å². The second-order valence-electron chi connectivity index (χ2n) is 8.26. The molecule has 1 saturated heterocycles. The van der Waals surface area contributed by atoms with E-state index in [1.54, 1.807) is 29.4 Å². The lowest BCUT2D eigenvalue weighted by molar-refractivity contribution is -0.140. The van der Waals surface area contributed by atoms with Crippen LogP contribution in [0.15, 0.2) is 48.3 Å². The Morgan fingerprint density at radius 2 is 2.03 bits per heavy atom. The largest absolute Gasteiger partial charge is 0.507 e. The van der Waals surface area contributed by atoms with Gasteiger partial charge in [0, 0.05) is 37.5 Å². The quantitative estimate of drug-likeness (QED) is 0.409. The Hall–Kier alpha value is -3.19. The van der Waals surface area contributed by atoms with Crippen LogP contribution in [0.25, 0.3) is 5.76 Å². The molecule has 1 fully saturated rings. The molecule has 1 N–H and O–H groups in total. The number of likely N-dealkylation sites (tertiary alicyclic amines) is 1. The maximum absolute atomic E-state index is 13.1. The summed E-state index contributed by atoms with van der Waals surface area (Å²) in [5.41, 5.74) is 2.30. The van der Waals surface area contributed by atoms with Crippen molar-refractivity contribution in [1.29, 1.82) is 0 Å². The standard InChI is InChI=1S/C25H29N3O4/c1-4-27(5-2)11-12-28-22(18-7-6-10-26-15-18)21(24(30)25(28)31)23(29)17-8-9-20-19(14-17)13-16(3)32-20/h6-10,14-16,22,29H,4-5,11-13H2,1-3H3/b23-21+. The number of carbonyl (C=O) groups is 2. The van der Waals surface area contributed by atoms with Crippen LogP contribution in [0.4, 0.5) is 0 Å². The van der Waals surface area contributed by atoms with Gasteiger partial charge in [-0.1, -0.05) is 19.9 Å². The Labute approximate surface area is 188 Å². The molecule has 0 aliphatic carbocycles. The van der Waals surface area contributed by atoms with E-state index in [1.165, 1.54) is 0 Å². The number of aromatic nitrogens is 1. The van der Waals surface area contributed by atoms with Gasteiger partial charge in [-0.15, -0.1) is 0 Å². The second kappa shape index (κ2) is 9.12. The van der Waals surface area contributed by atoms with Gasteiger partial charge >= 0.3 is 0 Å². The predicted octanol–water partition coefficient (Wildman–Crippen LogP) is 3.17. The van der Waals surface area contributed by atoms with Crippen molar-refractivity contribution in [2.24, 2.45) is 0 Å². The number of hydrogen-bond acceptors (Lipinski definition) is 6. The molecule has 2 aromatic rings. The minimum absolute atomic E-state index is 0.0726. The third-order valence-electron chi connectivity index (χ3n) is 6.26. The molecule has 2 aliphatic rings. The molecule has 0 saturated carbocycles. The van der Waals surface area contributed by atoms with Crippen LogP contribution in [0.1, 0.15) is 43.5 Å². The maximum Gasteiger partial charge on any atom is 0.295 e. The molecule has 32 heavy (non-hydrogen) atoms. The van der Waals surface area contributed by atoms with E-state index in [0.717, 1.165) is 30.8 Å². The molecule has 0 spiro atoms. The van der Waals surface area contributed by atoms with Gasteiger partial charge in [0.1, 0.15) is 17.6 Å². The third-order valence-corrected chi connectivity index (χ3v) is 6.26. The van der Waals surface area contributed by atoms with E-state index >= 15 is 0 Å². The highest BCUT2D eigenvalue weighted by Crippen LogP contribution is 2.40. The van der Waals surface area contributed by atoms with Crippen LogP contribution in [0.2, 0.25) is 0 Å². The van der Waals surface area contributed by atoms with Gasteiger partial charge in [0.2, 0.25) is 0 Å². The number of ether oxygens (including phenoxy) is 1. The lowest BCUT2D eigenvalue weighted by Gasteiger charge is -2.28. The minimum Gasteiger partial charge on any atom is -0.507 e. The molecule has 2 atom stereocenters. The number of carbonyl (C=O) groups excluding carboxylic acids is 2. The van der Waals surface area contributed by atoms with E-state index in [4.69, 9.17) is 4.74 Å². The van der Waals surface area contributed by atoms with Crippen molar-refractivity contribution >= 4 is 17.4 Å². The Kier molecular flexibility index (Phi) is 6.28. The van der Waals surface area contributed by atoms with Gasteiger partial charge in [-0.2, -0.15) is 0 Å². The van der Waals surface area contributed by atoms with Crippen LogP contribution in [0.3, 0.4) is 0 Å². The molecule has 0 radical (unpaired) electrons. The van der Waals surface area contributed by atoms with E-state index in [-0.39, 0.29) is 17.4 Å². The van der Waals surface area contributed by atoms with Crippen LogP contribution >= 0.6 is 0 Å². The van der Waals surface area contributed by atoms with Gasteiger partial charge in [-0.3, -0.25) is 14.6 Å². The summed E-state index contributed by atoms with van der Waals surface area (Å²) in [6, 6.07) is 8.31. The fourth-order valence-electron chi connectivity index (χ4n) is 4.51. The van der Waals surface area contributed by atoms with Crippen LogP contribution in [0.5, 0.6) is 5.75 Å². The molecule has 168 valence electrons. The fraction of sp³-hybridized carbons (Fsp3) is 0.400. The third kappa shape index (κ3) is 4.00. The molecule has 2 unspecified atom stereocenters. The number of hydrogen-bond donors (Lipinski definition) is 1. The van der Waals surface area contributed by atoms with Crippen molar-refractivity contribution in [1.82, 2.24) is 14.8 Å². The summed E-state index contributed by atoms with van der Waals surface area (Å²) in [7, 11) is 0. The number of fused-ring (bicyclic) bond motifs is 1. The van der Waals surface area contributed by atoms with Gasteiger partial charge < -0.3 is 19.6 Å². The second-order valence-corrected chi connectivity index (χ2v) is 8.26. The van der Waals surface area contributed by atoms with Crippen molar-refractivity contribution in [2.45, 2.75) is 39.3 Å². The highest BCUT2D eigenvalue weighted by atomic mass is 16.5. The Morgan fingerprint density at radius 1 is 1.25 bits per heavy atom. The SMILES string of the molecule is CCN(CC)CCN1C(=O)C(=O)/C(=C(/O)c2ccc3c(c2)CC(C)O3)C1c1cccnc1. The summed E-state index contributed by atoms with van der Waals surface area (Å²) >= 11 is 0. The molecular weight excluding hydrogens is 406 g/mol. The molecule has 0 bridgehead atoms. The predicted molar refractivity (Wildman–Crippen MR) is 121 cm³/mol. The normalized spacial score (nSPS) is 21.8. The van der Waals surface area contributed by atoms with E-state index in [2.05, 4.69) is 23.7 Å². The summed E-state index contributed by atoms with van der Waals surface area (Å²) in [4.78, 5) is 34.1. The zero-order valence-electron chi connectivity index (χ0n) is 18.7. The smallest absolute Gasteiger partial charge is 0.295 e. The first-order chi connectivity index (χ1) is 15.4. The number of benzene rings is 1. The first-order valence-electron chi connectivity index (χ1n) is 11.1. The van der Waals surface area contributed by atoms with E-state index in [0.29, 0.717) is 24.2 Å². The lowest BCUT2D eigenvalue weighted by Crippen LogP contribution is -2.38. The topological polar surface area (TPSA) is 83.0 Å². The Bertz CT molecular complexity index is 1050. The number of aliphatic hydroxyl groups excluding tert-OH is 1. The summed E-state index contributed by atoms with van der Waals surface area (Å²) in [5.74, 6) is -0.630. The number of amides is 1. The molecule has 7 nitrogen and oxygen atoms in total. The zero-order valence-corrected chi connectivity index (χ0v) is 18.7. The number of ketones is 1. The van der Waals surface area contributed by atoms with Gasteiger partial charge in [0.05, 0.1) is 11.6 Å². The fourth-order valence-corrected chi connectivity index (χ4v) is 4.51. The highest BCUT2D eigenvalue weighted by Gasteiger charge is 2.46. The van der Waals surface area contributed by atoms with Crippen molar-refractivity contribution in [2.75, 3.05) is 26.2 Å². The van der Waals surface area contributed by atoms with Crippen LogP contribution in [-0.4, -0.2) is 63.9 Å². The first-order valence-corrected chi connectivity index (χ1v) is 11.1. The first kappa shape index (κ1) is 22.0. The molecule has 1 aromatic carbocycles.